The zero-order valence-corrected chi connectivity index (χ0v) is 18.2. The average molecular weight is 421 g/mol. The van der Waals surface area contributed by atoms with Crippen molar-refractivity contribution < 1.29 is 4.79 Å². The van der Waals surface area contributed by atoms with E-state index in [0.29, 0.717) is 24.4 Å². The zero-order valence-electron chi connectivity index (χ0n) is 16.6. The van der Waals surface area contributed by atoms with Crippen LogP contribution in [0.2, 0.25) is 0 Å². The maximum Gasteiger partial charge on any atom is 0.236 e. The summed E-state index contributed by atoms with van der Waals surface area (Å²) in [5.74, 6) is 0.945. The summed E-state index contributed by atoms with van der Waals surface area (Å²) in [4.78, 5) is 17.3. The molecule has 0 bridgehead atoms. The molecule has 2 saturated heterocycles. The van der Waals surface area contributed by atoms with Gasteiger partial charge in [0.15, 0.2) is 0 Å². The fourth-order valence-corrected chi connectivity index (χ4v) is 5.07. The molecule has 7 heteroatoms. The van der Waals surface area contributed by atoms with Crippen LogP contribution in [0.4, 0.5) is 0 Å². The van der Waals surface area contributed by atoms with Crippen LogP contribution in [-0.4, -0.2) is 57.5 Å². The lowest BCUT2D eigenvalue weighted by Gasteiger charge is -2.34. The molecule has 5 nitrogen and oxygen atoms in total. The number of aromatic nitrogens is 2. The summed E-state index contributed by atoms with van der Waals surface area (Å²) in [5.41, 5.74) is 3.67. The molecule has 1 unspecified atom stereocenters. The summed E-state index contributed by atoms with van der Waals surface area (Å²) in [7, 11) is 0. The highest BCUT2D eigenvalue weighted by Crippen LogP contribution is 2.39. The van der Waals surface area contributed by atoms with E-state index in [0.717, 1.165) is 38.2 Å². The Hall–Kier alpha value is -1.50. The maximum atomic E-state index is 12.9. The van der Waals surface area contributed by atoms with E-state index in [1.807, 2.05) is 0 Å². The number of carbonyl (C=O) groups is 1. The molecule has 0 radical (unpaired) electrons. The fourth-order valence-electron chi connectivity index (χ4n) is 4.55. The van der Waals surface area contributed by atoms with Crippen molar-refractivity contribution in [3.05, 3.63) is 46.5 Å². The summed E-state index contributed by atoms with van der Waals surface area (Å²) in [5, 5.41) is 6.41. The van der Waals surface area contributed by atoms with E-state index in [4.69, 9.17) is 0 Å². The quantitative estimate of drug-likeness (QED) is 0.753. The number of halogens is 1. The van der Waals surface area contributed by atoms with E-state index < -0.39 is 0 Å². The highest BCUT2D eigenvalue weighted by molar-refractivity contribution is 7.03. The van der Waals surface area contributed by atoms with Gasteiger partial charge in [0.05, 0.1) is 12.2 Å². The number of amides is 1. The van der Waals surface area contributed by atoms with Crippen molar-refractivity contribution in [1.29, 1.82) is 0 Å². The predicted molar refractivity (Wildman–Crippen MR) is 115 cm³/mol. The molecule has 2 fully saturated rings. The maximum absolute atomic E-state index is 12.9. The Morgan fingerprint density at radius 1 is 1.18 bits per heavy atom. The molecule has 28 heavy (non-hydrogen) atoms. The minimum absolute atomic E-state index is 0. The van der Waals surface area contributed by atoms with Gasteiger partial charge >= 0.3 is 0 Å². The van der Waals surface area contributed by atoms with Crippen molar-refractivity contribution in [1.82, 2.24) is 19.4 Å². The number of piperidine rings is 1. The van der Waals surface area contributed by atoms with Crippen molar-refractivity contribution in [2.24, 2.45) is 0 Å². The van der Waals surface area contributed by atoms with Crippen LogP contribution in [0.25, 0.3) is 0 Å². The van der Waals surface area contributed by atoms with Gasteiger partial charge in [-0.05, 0) is 50.2 Å². The molecular formula is C21H29ClN4OS. The first-order valence-corrected chi connectivity index (χ1v) is 10.8. The van der Waals surface area contributed by atoms with Gasteiger partial charge in [-0.15, -0.1) is 17.5 Å². The van der Waals surface area contributed by atoms with Gasteiger partial charge in [-0.3, -0.25) is 9.69 Å². The van der Waals surface area contributed by atoms with Crippen molar-refractivity contribution in [3.8, 4) is 0 Å². The summed E-state index contributed by atoms with van der Waals surface area (Å²) < 4.78 is 4.08. The number of hydrogen-bond donors (Lipinski definition) is 0. The van der Waals surface area contributed by atoms with Crippen LogP contribution >= 0.6 is 23.9 Å². The summed E-state index contributed by atoms with van der Waals surface area (Å²) in [6, 6.07) is 9.18. The first kappa shape index (κ1) is 21.2. The Bertz CT molecular complexity index is 767. The van der Waals surface area contributed by atoms with Gasteiger partial charge in [-0.2, -0.15) is 0 Å². The lowest BCUT2D eigenvalue weighted by Crippen LogP contribution is -2.46. The largest absolute Gasteiger partial charge is 0.339 e. The Morgan fingerprint density at radius 3 is 2.61 bits per heavy atom. The van der Waals surface area contributed by atoms with Gasteiger partial charge in [-0.1, -0.05) is 34.3 Å². The molecule has 0 N–H and O–H groups in total. The second-order valence-corrected chi connectivity index (χ2v) is 8.69. The molecule has 0 aliphatic carbocycles. The van der Waals surface area contributed by atoms with Crippen LogP contribution in [0.5, 0.6) is 0 Å². The third-order valence-electron chi connectivity index (χ3n) is 6.14. The average Bonchev–Trinajstić information content (AvgIpc) is 3.32. The monoisotopic (exact) mass is 420 g/mol. The van der Waals surface area contributed by atoms with Gasteiger partial charge in [-0.25, -0.2) is 0 Å². The highest BCUT2D eigenvalue weighted by Gasteiger charge is 2.37. The third-order valence-corrected chi connectivity index (χ3v) is 6.66. The molecule has 152 valence electrons. The molecule has 0 spiro atoms. The van der Waals surface area contributed by atoms with E-state index in [9.17, 15) is 4.79 Å². The molecular weight excluding hydrogens is 392 g/mol. The van der Waals surface area contributed by atoms with Gasteiger partial charge < -0.3 is 4.90 Å². The van der Waals surface area contributed by atoms with E-state index in [2.05, 4.69) is 62.9 Å². The molecule has 1 aromatic heterocycles. The van der Waals surface area contributed by atoms with Gasteiger partial charge in [0.2, 0.25) is 5.91 Å². The molecule has 0 saturated carbocycles. The Balaban J connectivity index is 0.00000225. The van der Waals surface area contributed by atoms with Crippen LogP contribution in [0, 0.1) is 6.92 Å². The minimum atomic E-state index is 0. The van der Waals surface area contributed by atoms with E-state index in [-0.39, 0.29) is 18.3 Å². The molecule has 4 rings (SSSR count). The second-order valence-electron chi connectivity index (χ2n) is 8.08. The zero-order chi connectivity index (χ0) is 18.8. The van der Waals surface area contributed by atoms with Crippen molar-refractivity contribution in [2.75, 3.05) is 26.2 Å². The summed E-state index contributed by atoms with van der Waals surface area (Å²) >= 11 is 1.41. The molecule has 1 aromatic carbocycles. The molecule has 2 aliphatic heterocycles. The molecule has 2 aromatic rings. The van der Waals surface area contributed by atoms with Crippen LogP contribution in [0.3, 0.4) is 0 Å². The minimum Gasteiger partial charge on any atom is -0.339 e. The smallest absolute Gasteiger partial charge is 0.236 e. The van der Waals surface area contributed by atoms with E-state index in [1.54, 1.807) is 0 Å². The molecule has 3 atom stereocenters. The molecule has 3 heterocycles. The van der Waals surface area contributed by atoms with E-state index in [1.165, 1.54) is 29.1 Å². The van der Waals surface area contributed by atoms with Gasteiger partial charge in [0.25, 0.3) is 0 Å². The highest BCUT2D eigenvalue weighted by atomic mass is 35.5. The fraction of sp³-hybridized carbons (Fsp3) is 0.571. The number of carbonyl (C=O) groups excluding carboxylic acids is 1. The van der Waals surface area contributed by atoms with Crippen LogP contribution in [-0.2, 0) is 4.79 Å². The number of nitrogens with zero attached hydrogens (tertiary/aromatic N) is 4. The van der Waals surface area contributed by atoms with Crippen LogP contribution < -0.4 is 0 Å². The normalized spacial score (nSPS) is 25.5. The Labute approximate surface area is 177 Å². The van der Waals surface area contributed by atoms with Crippen molar-refractivity contribution in [3.63, 3.8) is 0 Å². The predicted octanol–water partition coefficient (Wildman–Crippen LogP) is 3.85. The van der Waals surface area contributed by atoms with Gasteiger partial charge in [0, 0.05) is 42.9 Å². The summed E-state index contributed by atoms with van der Waals surface area (Å²) in [6.07, 6.45) is 3.50. The lowest BCUT2D eigenvalue weighted by atomic mass is 9.87. The molecule has 2 aliphatic rings. The number of benzene rings is 1. The molecule has 1 amide bonds. The van der Waals surface area contributed by atoms with Crippen molar-refractivity contribution in [2.45, 2.75) is 51.0 Å². The summed E-state index contributed by atoms with van der Waals surface area (Å²) in [6.45, 7) is 7.50. The van der Waals surface area contributed by atoms with Crippen LogP contribution in [0.1, 0.15) is 54.8 Å². The standard InChI is InChI=1S/C21H28N4OS.ClH/c1-15-6-8-17(9-7-15)18-11-24(12-19(18)20-14-27-23-22-20)13-21(26)25-10-4-3-5-16(25)2;/h6-9,14,16,18-19H,3-5,10-13H2,1-2H3;1H/t16?,18-,19+;/m0./s1. The Morgan fingerprint density at radius 2 is 1.93 bits per heavy atom. The number of rotatable bonds is 4. The third kappa shape index (κ3) is 4.56. The van der Waals surface area contributed by atoms with Crippen LogP contribution in [0.15, 0.2) is 29.6 Å². The first-order valence-electron chi connectivity index (χ1n) is 9.97. The number of aryl methyl sites for hydroxylation is 1. The van der Waals surface area contributed by atoms with Gasteiger partial charge in [0.1, 0.15) is 0 Å². The topological polar surface area (TPSA) is 49.3 Å². The lowest BCUT2D eigenvalue weighted by molar-refractivity contribution is -0.135. The van der Waals surface area contributed by atoms with E-state index >= 15 is 0 Å². The number of hydrogen-bond acceptors (Lipinski definition) is 5. The number of likely N-dealkylation sites (tertiary alicyclic amines) is 2. The first-order chi connectivity index (χ1) is 13.1. The van der Waals surface area contributed by atoms with Crippen molar-refractivity contribution >= 4 is 29.8 Å². The Kier molecular flexibility index (Phi) is 7.07. The second kappa shape index (κ2) is 9.33. The SMILES string of the molecule is Cc1ccc([C@@H]2CN(CC(=O)N3CCCCC3C)C[C@H]2c2csnn2)cc1.Cl.